The van der Waals surface area contributed by atoms with Crippen LogP contribution in [0.5, 0.6) is 0 Å². The highest BCUT2D eigenvalue weighted by Gasteiger charge is 2.13. The molecule has 0 aromatic heterocycles. The molecule has 0 saturated heterocycles. The van der Waals surface area contributed by atoms with Crippen molar-refractivity contribution in [3.63, 3.8) is 0 Å². The van der Waals surface area contributed by atoms with E-state index < -0.39 is 0 Å². The predicted molar refractivity (Wildman–Crippen MR) is 69.1 cm³/mol. The lowest BCUT2D eigenvalue weighted by molar-refractivity contribution is -0.384. The van der Waals surface area contributed by atoms with Gasteiger partial charge in [0.25, 0.3) is 5.69 Å². The van der Waals surface area contributed by atoms with Crippen molar-refractivity contribution < 1.29 is 4.92 Å². The second-order valence-corrected chi connectivity index (χ2v) is 3.73. The Bertz CT molecular complexity index is 530. The fourth-order valence-electron chi connectivity index (χ4n) is 1.82. The lowest BCUT2D eigenvalue weighted by atomic mass is 9.95. The minimum atomic E-state index is -0.381. The average Bonchev–Trinajstić information content (AvgIpc) is 2.39. The fraction of sp³-hybridized carbons (Fsp3) is 0.154. The number of nitrogens with zero attached hydrogens (tertiary/aromatic N) is 2. The van der Waals surface area contributed by atoms with Crippen molar-refractivity contribution >= 4 is 23.6 Å². The maximum atomic E-state index is 10.8. The van der Waals surface area contributed by atoms with E-state index in [-0.39, 0.29) is 10.6 Å². The summed E-state index contributed by atoms with van der Waals surface area (Å²) in [5.41, 5.74) is 2.96. The molecule has 0 fully saturated rings. The van der Waals surface area contributed by atoms with Crippen LogP contribution in [0, 0.1) is 10.1 Å². The minimum absolute atomic E-state index is 0.106. The van der Waals surface area contributed by atoms with E-state index in [9.17, 15) is 10.1 Å². The molecule has 0 saturated carbocycles. The molecule has 1 aromatic rings. The lowest BCUT2D eigenvalue weighted by Crippen LogP contribution is -1.98. The quantitative estimate of drug-likeness (QED) is 0.589. The number of allylic oxidation sites excluding steroid dienone is 1. The second-order valence-electron chi connectivity index (χ2n) is 3.73. The van der Waals surface area contributed by atoms with Crippen LogP contribution in [0.25, 0.3) is 11.6 Å². The van der Waals surface area contributed by atoms with E-state index in [4.69, 9.17) is 0 Å². The molecule has 4 nitrogen and oxygen atoms in total. The maximum Gasteiger partial charge on any atom is 0.270 e. The second kappa shape index (κ2) is 4.74. The number of hydrogen-bond acceptors (Lipinski definition) is 3. The van der Waals surface area contributed by atoms with Crippen LogP contribution in [-0.2, 0) is 0 Å². The SMILES string of the molecule is C=Cc1ccc([N+](=O)[O-])cc1C1=CC=NCC1. The maximum absolute atomic E-state index is 10.8. The fourth-order valence-corrected chi connectivity index (χ4v) is 1.82. The van der Waals surface area contributed by atoms with Crippen molar-refractivity contribution in [2.75, 3.05) is 6.54 Å². The molecule has 0 radical (unpaired) electrons. The number of benzene rings is 1. The molecule has 86 valence electrons. The van der Waals surface area contributed by atoms with Gasteiger partial charge in [0.2, 0.25) is 0 Å². The molecule has 0 N–H and O–H groups in total. The van der Waals surface area contributed by atoms with Crippen LogP contribution in [0.15, 0.2) is 35.8 Å². The Hall–Kier alpha value is -2.23. The molecule has 0 bridgehead atoms. The van der Waals surface area contributed by atoms with Crippen LogP contribution in [0.1, 0.15) is 17.5 Å². The van der Waals surface area contributed by atoms with Crippen molar-refractivity contribution in [2.45, 2.75) is 6.42 Å². The summed E-state index contributed by atoms with van der Waals surface area (Å²) in [7, 11) is 0. The Labute approximate surface area is 99.1 Å². The third-order valence-electron chi connectivity index (χ3n) is 2.70. The number of rotatable bonds is 3. The van der Waals surface area contributed by atoms with Crippen LogP contribution >= 0.6 is 0 Å². The van der Waals surface area contributed by atoms with E-state index in [1.165, 1.54) is 6.07 Å². The Morgan fingerprint density at radius 2 is 2.29 bits per heavy atom. The Kier molecular flexibility index (Phi) is 3.14. The van der Waals surface area contributed by atoms with E-state index in [0.717, 1.165) is 29.7 Å². The molecular weight excluding hydrogens is 216 g/mol. The third-order valence-corrected chi connectivity index (χ3v) is 2.70. The zero-order valence-electron chi connectivity index (χ0n) is 9.30. The van der Waals surface area contributed by atoms with Crippen molar-refractivity contribution in [3.05, 3.63) is 52.1 Å². The topological polar surface area (TPSA) is 55.5 Å². The molecule has 2 rings (SSSR count). The number of nitro benzene ring substituents is 1. The Balaban J connectivity index is 2.52. The van der Waals surface area contributed by atoms with Gasteiger partial charge in [-0.3, -0.25) is 15.1 Å². The van der Waals surface area contributed by atoms with E-state index in [0.29, 0.717) is 0 Å². The molecule has 1 aliphatic rings. The highest BCUT2D eigenvalue weighted by atomic mass is 16.6. The molecule has 1 heterocycles. The van der Waals surface area contributed by atoms with Gasteiger partial charge in [-0.15, -0.1) is 0 Å². The first-order valence-corrected chi connectivity index (χ1v) is 5.32. The number of aliphatic imine (C=N–C) groups is 1. The van der Waals surface area contributed by atoms with E-state index in [1.807, 2.05) is 6.08 Å². The van der Waals surface area contributed by atoms with E-state index in [1.54, 1.807) is 24.4 Å². The van der Waals surface area contributed by atoms with Gasteiger partial charge in [0.15, 0.2) is 0 Å². The molecule has 0 atom stereocenters. The summed E-state index contributed by atoms with van der Waals surface area (Å²) in [5.74, 6) is 0. The Morgan fingerprint density at radius 1 is 1.47 bits per heavy atom. The molecule has 1 aliphatic heterocycles. The normalized spacial score (nSPS) is 14.2. The summed E-state index contributed by atoms with van der Waals surface area (Å²) in [6.07, 6.45) is 6.16. The summed E-state index contributed by atoms with van der Waals surface area (Å²) in [6.45, 7) is 4.46. The van der Waals surface area contributed by atoms with Gasteiger partial charge in [-0.1, -0.05) is 12.7 Å². The monoisotopic (exact) mass is 228 g/mol. The molecule has 1 aromatic carbocycles. The number of dihydropyridines is 1. The lowest BCUT2D eigenvalue weighted by Gasteiger charge is -2.11. The van der Waals surface area contributed by atoms with Gasteiger partial charge in [-0.05, 0) is 35.3 Å². The van der Waals surface area contributed by atoms with Crippen LogP contribution in [0.3, 0.4) is 0 Å². The summed E-state index contributed by atoms with van der Waals surface area (Å²) in [4.78, 5) is 14.5. The third kappa shape index (κ3) is 2.30. The highest BCUT2D eigenvalue weighted by molar-refractivity contribution is 5.88. The summed E-state index contributed by atoms with van der Waals surface area (Å²) in [6, 6.07) is 4.83. The van der Waals surface area contributed by atoms with Gasteiger partial charge >= 0.3 is 0 Å². The molecule has 0 aliphatic carbocycles. The molecule has 0 amide bonds. The average molecular weight is 228 g/mol. The van der Waals surface area contributed by atoms with E-state index in [2.05, 4.69) is 11.6 Å². The van der Waals surface area contributed by atoms with Crippen LogP contribution in [-0.4, -0.2) is 17.7 Å². The first kappa shape index (κ1) is 11.3. The standard InChI is InChI=1S/C13H12N2O2/c1-2-10-3-4-12(15(16)17)9-13(10)11-5-7-14-8-6-11/h2-5,7,9H,1,6,8H2. The molecule has 0 unspecified atom stereocenters. The van der Waals surface area contributed by atoms with E-state index >= 15 is 0 Å². The zero-order valence-corrected chi connectivity index (χ0v) is 9.30. The van der Waals surface area contributed by atoms with Crippen molar-refractivity contribution in [3.8, 4) is 0 Å². The van der Waals surface area contributed by atoms with Gasteiger partial charge in [-0.25, -0.2) is 0 Å². The molecule has 17 heavy (non-hydrogen) atoms. The van der Waals surface area contributed by atoms with Gasteiger partial charge in [0.1, 0.15) is 0 Å². The number of hydrogen-bond donors (Lipinski definition) is 0. The zero-order chi connectivity index (χ0) is 12.3. The summed E-state index contributed by atoms with van der Waals surface area (Å²) in [5, 5.41) is 10.8. The van der Waals surface area contributed by atoms with Crippen LogP contribution in [0.2, 0.25) is 0 Å². The van der Waals surface area contributed by atoms with Crippen molar-refractivity contribution in [1.82, 2.24) is 0 Å². The van der Waals surface area contributed by atoms with Gasteiger partial charge < -0.3 is 0 Å². The van der Waals surface area contributed by atoms with Gasteiger partial charge in [0.05, 0.1) is 4.92 Å². The minimum Gasteiger partial charge on any atom is -0.293 e. The first-order valence-electron chi connectivity index (χ1n) is 5.32. The highest BCUT2D eigenvalue weighted by Crippen LogP contribution is 2.28. The van der Waals surface area contributed by atoms with Crippen LogP contribution in [0.4, 0.5) is 5.69 Å². The van der Waals surface area contributed by atoms with Crippen molar-refractivity contribution in [1.29, 1.82) is 0 Å². The predicted octanol–water partition coefficient (Wildman–Crippen LogP) is 3.10. The summed E-state index contributed by atoms with van der Waals surface area (Å²) >= 11 is 0. The van der Waals surface area contributed by atoms with Gasteiger partial charge in [0, 0.05) is 24.9 Å². The molecule has 4 heteroatoms. The smallest absolute Gasteiger partial charge is 0.270 e. The number of non-ortho nitro benzene ring substituents is 1. The number of nitro groups is 1. The van der Waals surface area contributed by atoms with Crippen molar-refractivity contribution in [2.24, 2.45) is 4.99 Å². The molecule has 0 spiro atoms. The Morgan fingerprint density at radius 3 is 2.88 bits per heavy atom. The first-order chi connectivity index (χ1) is 8.22. The van der Waals surface area contributed by atoms with Gasteiger partial charge in [-0.2, -0.15) is 0 Å². The van der Waals surface area contributed by atoms with Crippen LogP contribution < -0.4 is 0 Å². The summed E-state index contributed by atoms with van der Waals surface area (Å²) < 4.78 is 0. The largest absolute Gasteiger partial charge is 0.293 e. The molecular formula is C13H12N2O2.